The van der Waals surface area contributed by atoms with Gasteiger partial charge < -0.3 is 5.32 Å². The van der Waals surface area contributed by atoms with E-state index in [9.17, 15) is 25.6 Å². The van der Waals surface area contributed by atoms with Crippen molar-refractivity contribution >= 4 is 38.3 Å². The third-order valence-electron chi connectivity index (χ3n) is 4.41. The highest BCUT2D eigenvalue weighted by molar-refractivity contribution is 7.91. The van der Waals surface area contributed by atoms with Gasteiger partial charge >= 0.3 is 0 Å². The van der Waals surface area contributed by atoms with Crippen molar-refractivity contribution in [3.05, 3.63) is 71.9 Å². The molecule has 2 aromatic carbocycles. The Morgan fingerprint density at radius 2 is 1.73 bits per heavy atom. The first-order valence-corrected chi connectivity index (χ1v) is 12.4. The SMILES string of the molecule is CCNS(=O)(=O)Nc1cccc(S(=O)(=O)n2cc(CNC)cc2-c2ccc(F)cc2F)c1.Cl. The second-order valence-corrected chi connectivity index (χ2v) is 10.1. The highest BCUT2D eigenvalue weighted by Crippen LogP contribution is 2.30. The van der Waals surface area contributed by atoms with E-state index in [4.69, 9.17) is 0 Å². The molecule has 33 heavy (non-hydrogen) atoms. The quantitative estimate of drug-likeness (QED) is 0.402. The molecular weight excluding hydrogens is 498 g/mol. The van der Waals surface area contributed by atoms with Crippen LogP contribution in [0.5, 0.6) is 0 Å². The zero-order chi connectivity index (χ0) is 23.5. The van der Waals surface area contributed by atoms with Gasteiger partial charge in [-0.2, -0.15) is 13.1 Å². The summed E-state index contributed by atoms with van der Waals surface area (Å²) >= 11 is 0. The van der Waals surface area contributed by atoms with Gasteiger partial charge in [0.1, 0.15) is 11.6 Å². The van der Waals surface area contributed by atoms with Crippen LogP contribution < -0.4 is 14.8 Å². The van der Waals surface area contributed by atoms with Crippen molar-refractivity contribution in [3.8, 4) is 11.3 Å². The Kier molecular flexibility index (Phi) is 8.60. The Morgan fingerprint density at radius 1 is 1.00 bits per heavy atom. The predicted octanol–water partition coefficient (Wildman–Crippen LogP) is 3.08. The van der Waals surface area contributed by atoms with Gasteiger partial charge in [-0.25, -0.2) is 21.2 Å². The first-order valence-electron chi connectivity index (χ1n) is 9.51. The molecule has 0 aliphatic heterocycles. The van der Waals surface area contributed by atoms with Crippen LogP contribution in [0.15, 0.2) is 59.6 Å². The van der Waals surface area contributed by atoms with Crippen LogP contribution in [0, 0.1) is 11.6 Å². The van der Waals surface area contributed by atoms with Crippen molar-refractivity contribution in [2.75, 3.05) is 18.3 Å². The third-order valence-corrected chi connectivity index (χ3v) is 7.25. The lowest BCUT2D eigenvalue weighted by atomic mass is 10.1. The van der Waals surface area contributed by atoms with Gasteiger partial charge in [0, 0.05) is 30.9 Å². The lowest BCUT2D eigenvalue weighted by Gasteiger charge is -2.13. The highest BCUT2D eigenvalue weighted by Gasteiger charge is 2.24. The molecule has 0 saturated carbocycles. The zero-order valence-electron chi connectivity index (χ0n) is 17.7. The molecule has 0 saturated heterocycles. The van der Waals surface area contributed by atoms with E-state index in [1.807, 2.05) is 0 Å². The average molecular weight is 521 g/mol. The number of nitrogens with zero attached hydrogens (tertiary/aromatic N) is 1. The summed E-state index contributed by atoms with van der Waals surface area (Å²) < 4.78 is 84.0. The van der Waals surface area contributed by atoms with Gasteiger partial charge in [0.2, 0.25) is 0 Å². The molecule has 3 aromatic rings. The maximum absolute atomic E-state index is 14.5. The fourth-order valence-corrected chi connectivity index (χ4v) is 5.43. The average Bonchev–Trinajstić information content (AvgIpc) is 3.12. The molecule has 0 unspecified atom stereocenters. The van der Waals surface area contributed by atoms with Crippen molar-refractivity contribution in [1.82, 2.24) is 14.0 Å². The number of nitrogens with one attached hydrogen (secondary N) is 3. The minimum atomic E-state index is -4.26. The van der Waals surface area contributed by atoms with E-state index in [2.05, 4.69) is 14.8 Å². The van der Waals surface area contributed by atoms with Crippen LogP contribution in [-0.2, 0) is 26.8 Å². The number of anilines is 1. The number of rotatable bonds is 9. The number of aromatic nitrogens is 1. The zero-order valence-corrected chi connectivity index (χ0v) is 20.1. The summed E-state index contributed by atoms with van der Waals surface area (Å²) in [6, 6.07) is 9.60. The fraction of sp³-hybridized carbons (Fsp3) is 0.200. The molecular formula is C20H23ClF2N4O4S2. The molecule has 0 aliphatic carbocycles. The van der Waals surface area contributed by atoms with Gasteiger partial charge in [-0.15, -0.1) is 12.4 Å². The van der Waals surface area contributed by atoms with Crippen molar-refractivity contribution in [3.63, 3.8) is 0 Å². The summed E-state index contributed by atoms with van der Waals surface area (Å²) in [7, 11) is -6.46. The van der Waals surface area contributed by atoms with Gasteiger partial charge in [-0.3, -0.25) is 4.72 Å². The van der Waals surface area contributed by atoms with Crippen molar-refractivity contribution in [2.45, 2.75) is 18.4 Å². The molecule has 0 amide bonds. The van der Waals surface area contributed by atoms with Crippen LogP contribution in [0.3, 0.4) is 0 Å². The van der Waals surface area contributed by atoms with E-state index in [-0.39, 0.29) is 40.8 Å². The van der Waals surface area contributed by atoms with Crippen LogP contribution in [0.1, 0.15) is 12.5 Å². The molecule has 1 aromatic heterocycles. The molecule has 0 atom stereocenters. The molecule has 0 bridgehead atoms. The number of benzene rings is 2. The maximum atomic E-state index is 14.5. The van der Waals surface area contributed by atoms with Crippen LogP contribution in [0.25, 0.3) is 11.3 Å². The van der Waals surface area contributed by atoms with Crippen molar-refractivity contribution in [2.24, 2.45) is 0 Å². The topological polar surface area (TPSA) is 109 Å². The van der Waals surface area contributed by atoms with Gasteiger partial charge in [-0.1, -0.05) is 13.0 Å². The number of halogens is 3. The summed E-state index contributed by atoms with van der Waals surface area (Å²) in [6.45, 7) is 2.06. The molecule has 180 valence electrons. The second kappa shape index (κ2) is 10.6. The maximum Gasteiger partial charge on any atom is 0.299 e. The number of hydrogen-bond donors (Lipinski definition) is 3. The highest BCUT2D eigenvalue weighted by atomic mass is 35.5. The molecule has 13 heteroatoms. The molecule has 3 N–H and O–H groups in total. The fourth-order valence-electron chi connectivity index (χ4n) is 3.10. The molecule has 8 nitrogen and oxygen atoms in total. The summed E-state index contributed by atoms with van der Waals surface area (Å²) in [5.74, 6) is -1.70. The van der Waals surface area contributed by atoms with Crippen molar-refractivity contribution < 1.29 is 25.6 Å². The Bertz CT molecular complexity index is 1350. The second-order valence-electron chi connectivity index (χ2n) is 6.82. The third kappa shape index (κ3) is 6.09. The van der Waals surface area contributed by atoms with E-state index in [0.717, 1.165) is 22.2 Å². The smallest absolute Gasteiger partial charge is 0.299 e. The Balaban J connectivity index is 0.00000385. The Morgan fingerprint density at radius 3 is 2.36 bits per heavy atom. The molecule has 0 radical (unpaired) electrons. The summed E-state index contributed by atoms with van der Waals surface area (Å²) in [5.41, 5.74) is 0.496. The van der Waals surface area contributed by atoms with Gasteiger partial charge in [-0.05, 0) is 49.0 Å². The summed E-state index contributed by atoms with van der Waals surface area (Å²) in [4.78, 5) is -0.218. The molecule has 1 heterocycles. The summed E-state index contributed by atoms with van der Waals surface area (Å²) in [6.07, 6.45) is 1.33. The normalized spacial score (nSPS) is 11.8. The largest absolute Gasteiger partial charge is 0.316 e. The summed E-state index contributed by atoms with van der Waals surface area (Å²) in [5, 5.41) is 2.89. The monoisotopic (exact) mass is 520 g/mol. The standard InChI is InChI=1S/C20H22F2N4O4S2.ClH/c1-3-24-32(29,30)25-16-5-4-6-17(11-16)31(27,28)26-13-14(12-23-2)9-20(26)18-8-7-15(21)10-19(18)22;/h4-11,13,23-25H,3,12H2,1-2H3;1H. The van der Waals surface area contributed by atoms with E-state index >= 15 is 0 Å². The van der Waals surface area contributed by atoms with Crippen LogP contribution in [-0.4, -0.2) is 34.4 Å². The van der Waals surface area contributed by atoms with E-state index in [1.165, 1.54) is 30.5 Å². The van der Waals surface area contributed by atoms with E-state index < -0.39 is 31.9 Å². The first kappa shape index (κ1) is 26.7. The predicted molar refractivity (Wildman–Crippen MR) is 125 cm³/mol. The first-order chi connectivity index (χ1) is 15.1. The lowest BCUT2D eigenvalue weighted by Crippen LogP contribution is -2.29. The molecule has 0 aliphatic rings. The number of hydrogen-bond acceptors (Lipinski definition) is 5. The van der Waals surface area contributed by atoms with Crippen molar-refractivity contribution in [1.29, 1.82) is 0 Å². The molecule has 3 rings (SSSR count). The Hall–Kier alpha value is -2.51. The Labute approximate surface area is 197 Å². The van der Waals surface area contributed by atoms with Crippen LogP contribution >= 0.6 is 12.4 Å². The molecule has 0 spiro atoms. The van der Waals surface area contributed by atoms with Crippen LogP contribution in [0.2, 0.25) is 0 Å². The molecule has 0 fully saturated rings. The minimum absolute atomic E-state index is 0. The van der Waals surface area contributed by atoms with E-state index in [1.54, 1.807) is 14.0 Å². The van der Waals surface area contributed by atoms with Gasteiger partial charge in [0.25, 0.3) is 20.2 Å². The van der Waals surface area contributed by atoms with E-state index in [0.29, 0.717) is 18.2 Å². The lowest BCUT2D eigenvalue weighted by molar-refractivity contribution is 0.582. The van der Waals surface area contributed by atoms with Crippen LogP contribution in [0.4, 0.5) is 14.5 Å². The van der Waals surface area contributed by atoms with Gasteiger partial charge in [0.05, 0.1) is 16.3 Å². The minimum Gasteiger partial charge on any atom is -0.316 e. The van der Waals surface area contributed by atoms with Gasteiger partial charge in [0.15, 0.2) is 0 Å².